The lowest BCUT2D eigenvalue weighted by Crippen LogP contribution is -2.57. The zero-order chi connectivity index (χ0) is 12.9. The van der Waals surface area contributed by atoms with Gasteiger partial charge < -0.3 is 21.3 Å². The standard InChI is InChI=1S/C11H22N4O2/c1-11(2,3)15-9(16)7-14-10(17)8-6-12-4-5-13-8/h8,12-13H,4-7H2,1-3H3,(H,14,17)(H,15,16). The number of carbonyl (C=O) groups is 2. The molecule has 17 heavy (non-hydrogen) atoms. The van der Waals surface area contributed by atoms with E-state index in [1.54, 1.807) is 0 Å². The highest BCUT2D eigenvalue weighted by atomic mass is 16.2. The van der Waals surface area contributed by atoms with Crippen molar-refractivity contribution in [2.75, 3.05) is 26.2 Å². The fraction of sp³-hybridized carbons (Fsp3) is 0.818. The Morgan fingerprint density at radius 3 is 2.53 bits per heavy atom. The summed E-state index contributed by atoms with van der Waals surface area (Å²) in [4.78, 5) is 23.2. The quantitative estimate of drug-likeness (QED) is 0.489. The minimum Gasteiger partial charge on any atom is -0.350 e. The predicted octanol–water partition coefficient (Wildman–Crippen LogP) is -1.42. The Morgan fingerprint density at radius 2 is 2.00 bits per heavy atom. The second kappa shape index (κ2) is 5.97. The van der Waals surface area contributed by atoms with Crippen molar-refractivity contribution < 1.29 is 9.59 Å². The highest BCUT2D eigenvalue weighted by molar-refractivity contribution is 5.87. The van der Waals surface area contributed by atoms with E-state index < -0.39 is 0 Å². The molecule has 0 radical (unpaired) electrons. The first-order valence-corrected chi connectivity index (χ1v) is 5.91. The van der Waals surface area contributed by atoms with E-state index >= 15 is 0 Å². The van der Waals surface area contributed by atoms with Crippen LogP contribution in [0.25, 0.3) is 0 Å². The van der Waals surface area contributed by atoms with Crippen LogP contribution in [-0.2, 0) is 9.59 Å². The molecule has 0 aromatic rings. The smallest absolute Gasteiger partial charge is 0.239 e. The van der Waals surface area contributed by atoms with Gasteiger partial charge in [-0.1, -0.05) is 0 Å². The third-order valence-corrected chi connectivity index (χ3v) is 2.30. The summed E-state index contributed by atoms with van der Waals surface area (Å²) in [6.45, 7) is 7.97. The van der Waals surface area contributed by atoms with Crippen LogP contribution < -0.4 is 21.3 Å². The Bertz CT molecular complexity index is 280. The number of nitrogens with one attached hydrogen (secondary N) is 4. The molecule has 0 bridgehead atoms. The SMILES string of the molecule is CC(C)(C)NC(=O)CNC(=O)C1CNCCN1. The Balaban J connectivity index is 2.25. The number of rotatable bonds is 3. The first-order chi connectivity index (χ1) is 7.88. The van der Waals surface area contributed by atoms with E-state index in [1.165, 1.54) is 0 Å². The van der Waals surface area contributed by atoms with E-state index in [1.807, 2.05) is 20.8 Å². The van der Waals surface area contributed by atoms with Crippen LogP contribution >= 0.6 is 0 Å². The molecule has 1 rings (SSSR count). The third-order valence-electron chi connectivity index (χ3n) is 2.30. The number of piperazine rings is 1. The van der Waals surface area contributed by atoms with Gasteiger partial charge in [-0.05, 0) is 20.8 Å². The summed E-state index contributed by atoms with van der Waals surface area (Å²) in [5.74, 6) is -0.309. The summed E-state index contributed by atoms with van der Waals surface area (Å²) in [5.41, 5.74) is -0.271. The average molecular weight is 242 g/mol. The second-order valence-electron chi connectivity index (χ2n) is 5.23. The summed E-state index contributed by atoms with van der Waals surface area (Å²) >= 11 is 0. The van der Waals surface area contributed by atoms with Gasteiger partial charge in [-0.3, -0.25) is 9.59 Å². The highest BCUT2D eigenvalue weighted by Gasteiger charge is 2.21. The zero-order valence-corrected chi connectivity index (χ0v) is 10.7. The number of hydrogen-bond donors (Lipinski definition) is 4. The lowest BCUT2D eigenvalue weighted by atomic mass is 10.1. The topological polar surface area (TPSA) is 82.3 Å². The Labute approximate surface area is 102 Å². The molecule has 1 heterocycles. The molecule has 0 aromatic heterocycles. The van der Waals surface area contributed by atoms with Crippen LogP contribution in [0.3, 0.4) is 0 Å². The largest absolute Gasteiger partial charge is 0.350 e. The fourth-order valence-corrected chi connectivity index (χ4v) is 1.59. The minimum atomic E-state index is -0.271. The molecule has 2 amide bonds. The van der Waals surface area contributed by atoms with E-state index in [4.69, 9.17) is 0 Å². The van der Waals surface area contributed by atoms with Crippen molar-refractivity contribution in [1.82, 2.24) is 21.3 Å². The van der Waals surface area contributed by atoms with E-state index in [9.17, 15) is 9.59 Å². The molecule has 6 heteroatoms. The molecule has 6 nitrogen and oxygen atoms in total. The summed E-state index contributed by atoms with van der Waals surface area (Å²) < 4.78 is 0. The van der Waals surface area contributed by atoms with Crippen molar-refractivity contribution in [3.63, 3.8) is 0 Å². The lowest BCUT2D eigenvalue weighted by Gasteiger charge is -2.24. The molecule has 98 valence electrons. The average Bonchev–Trinajstić information content (AvgIpc) is 2.25. The summed E-state index contributed by atoms with van der Waals surface area (Å²) in [6, 6.07) is -0.244. The molecule has 1 unspecified atom stereocenters. The molecule has 1 saturated heterocycles. The van der Waals surface area contributed by atoms with Crippen molar-refractivity contribution >= 4 is 11.8 Å². The molecular formula is C11H22N4O2. The fourth-order valence-electron chi connectivity index (χ4n) is 1.59. The molecule has 1 atom stereocenters. The molecule has 0 aromatic carbocycles. The minimum absolute atomic E-state index is 0.0221. The molecule has 0 aliphatic carbocycles. The van der Waals surface area contributed by atoms with Crippen molar-refractivity contribution in [2.45, 2.75) is 32.4 Å². The van der Waals surface area contributed by atoms with Gasteiger partial charge in [-0.15, -0.1) is 0 Å². The van der Waals surface area contributed by atoms with Crippen molar-refractivity contribution in [1.29, 1.82) is 0 Å². The summed E-state index contributed by atoms with van der Waals surface area (Å²) in [7, 11) is 0. The molecule has 0 spiro atoms. The Kier molecular flexibility index (Phi) is 4.89. The first kappa shape index (κ1) is 13.9. The number of amides is 2. The maximum absolute atomic E-state index is 11.7. The van der Waals surface area contributed by atoms with Crippen LogP contribution in [0.4, 0.5) is 0 Å². The van der Waals surface area contributed by atoms with Gasteiger partial charge >= 0.3 is 0 Å². The molecule has 1 aliphatic heterocycles. The molecule has 1 fully saturated rings. The van der Waals surface area contributed by atoms with Gasteiger partial charge in [0.05, 0.1) is 12.6 Å². The molecule has 4 N–H and O–H groups in total. The van der Waals surface area contributed by atoms with Gasteiger partial charge in [0.25, 0.3) is 0 Å². The lowest BCUT2D eigenvalue weighted by molar-refractivity contribution is -0.128. The van der Waals surface area contributed by atoms with E-state index in [0.717, 1.165) is 13.1 Å². The van der Waals surface area contributed by atoms with Crippen LogP contribution in [-0.4, -0.2) is 49.6 Å². The molecular weight excluding hydrogens is 220 g/mol. The van der Waals surface area contributed by atoms with Crippen LogP contribution in [0.15, 0.2) is 0 Å². The molecule has 1 aliphatic rings. The number of hydrogen-bond acceptors (Lipinski definition) is 4. The highest BCUT2D eigenvalue weighted by Crippen LogP contribution is 1.97. The maximum Gasteiger partial charge on any atom is 0.239 e. The number of carbonyl (C=O) groups excluding carboxylic acids is 2. The molecule has 0 saturated carbocycles. The van der Waals surface area contributed by atoms with Crippen LogP contribution in [0.2, 0.25) is 0 Å². The second-order valence-corrected chi connectivity index (χ2v) is 5.23. The van der Waals surface area contributed by atoms with Gasteiger partial charge in [0.2, 0.25) is 11.8 Å². The van der Waals surface area contributed by atoms with E-state index in [0.29, 0.717) is 6.54 Å². The normalized spacial score (nSPS) is 20.8. The van der Waals surface area contributed by atoms with Gasteiger partial charge in [0.1, 0.15) is 0 Å². The van der Waals surface area contributed by atoms with Crippen molar-refractivity contribution in [2.24, 2.45) is 0 Å². The Hall–Kier alpha value is -1.14. The summed E-state index contributed by atoms with van der Waals surface area (Å²) in [5, 5.41) is 11.6. The van der Waals surface area contributed by atoms with E-state index in [2.05, 4.69) is 21.3 Å². The van der Waals surface area contributed by atoms with Crippen LogP contribution in [0, 0.1) is 0 Å². The van der Waals surface area contributed by atoms with Gasteiger partial charge in [-0.25, -0.2) is 0 Å². The van der Waals surface area contributed by atoms with Crippen molar-refractivity contribution in [3.05, 3.63) is 0 Å². The first-order valence-electron chi connectivity index (χ1n) is 5.91. The van der Waals surface area contributed by atoms with Gasteiger partial charge in [0.15, 0.2) is 0 Å². The van der Waals surface area contributed by atoms with Gasteiger partial charge in [-0.2, -0.15) is 0 Å². The third kappa shape index (κ3) is 5.65. The van der Waals surface area contributed by atoms with Crippen LogP contribution in [0.5, 0.6) is 0 Å². The zero-order valence-electron chi connectivity index (χ0n) is 10.7. The van der Waals surface area contributed by atoms with Crippen molar-refractivity contribution in [3.8, 4) is 0 Å². The summed E-state index contributed by atoms with van der Waals surface area (Å²) in [6.07, 6.45) is 0. The van der Waals surface area contributed by atoms with Gasteiger partial charge in [0, 0.05) is 25.2 Å². The van der Waals surface area contributed by atoms with Crippen LogP contribution in [0.1, 0.15) is 20.8 Å². The monoisotopic (exact) mass is 242 g/mol. The van der Waals surface area contributed by atoms with E-state index in [-0.39, 0.29) is 29.9 Å². The Morgan fingerprint density at radius 1 is 1.29 bits per heavy atom. The predicted molar refractivity (Wildman–Crippen MR) is 65.6 cm³/mol. The maximum atomic E-state index is 11.7.